The van der Waals surface area contributed by atoms with Gasteiger partial charge in [-0.15, -0.1) is 0 Å². The molecule has 0 aliphatic heterocycles. The van der Waals surface area contributed by atoms with Crippen molar-refractivity contribution >= 4 is 10.3 Å². The van der Waals surface area contributed by atoms with Crippen LogP contribution in [0, 0.1) is 6.54 Å². The Balaban J connectivity index is 3.30. The first kappa shape index (κ1) is 8.87. The van der Waals surface area contributed by atoms with Crippen molar-refractivity contribution in [1.29, 1.82) is 0 Å². The quantitative estimate of drug-likeness (QED) is 0.451. The molecule has 0 saturated carbocycles. The smallest absolute Gasteiger partial charge is 0.273 e. The van der Waals surface area contributed by atoms with Crippen LogP contribution in [0.1, 0.15) is 19.8 Å². The van der Waals surface area contributed by atoms with E-state index < -0.39 is 10.3 Å². The summed E-state index contributed by atoms with van der Waals surface area (Å²) in [6.07, 6.45) is 1.47. The molecule has 0 unspecified atom stereocenters. The van der Waals surface area contributed by atoms with E-state index in [4.69, 9.17) is 4.55 Å². The first-order chi connectivity index (χ1) is 4.06. The molecule has 0 bridgehead atoms. The van der Waals surface area contributed by atoms with Crippen LogP contribution in [-0.4, -0.2) is 13.0 Å². The van der Waals surface area contributed by atoms with Gasteiger partial charge < -0.3 is 0 Å². The van der Waals surface area contributed by atoms with Crippen LogP contribution in [0.3, 0.4) is 0 Å². The molecule has 0 amide bonds. The third-order valence-electron chi connectivity index (χ3n) is 0.665. The first-order valence-electron chi connectivity index (χ1n) is 2.62. The summed E-state index contributed by atoms with van der Waals surface area (Å²) in [6, 6.07) is 0. The van der Waals surface area contributed by atoms with Gasteiger partial charge in [-0.1, -0.05) is 13.3 Å². The average Bonchev–Trinajstić information content (AvgIpc) is 1.63. The highest BCUT2D eigenvalue weighted by molar-refractivity contribution is 7.83. The summed E-state index contributed by atoms with van der Waals surface area (Å²) in [4.78, 5) is 0. The zero-order chi connectivity index (χ0) is 7.33. The Morgan fingerprint density at radius 1 is 1.67 bits per heavy atom. The highest BCUT2D eigenvalue weighted by Crippen LogP contribution is 1.88. The number of rotatable bonds is 4. The zero-order valence-corrected chi connectivity index (χ0v) is 5.98. The molecule has 0 aromatic heterocycles. The van der Waals surface area contributed by atoms with Gasteiger partial charge in [0.15, 0.2) is 0 Å². The molecule has 0 heterocycles. The molecule has 1 radical (unpaired) electrons. The van der Waals surface area contributed by atoms with E-state index in [-0.39, 0.29) is 0 Å². The Morgan fingerprint density at radius 2 is 2.22 bits per heavy atom. The first-order valence-corrected chi connectivity index (χ1v) is 4.06. The third-order valence-corrected chi connectivity index (χ3v) is 1.13. The largest absolute Gasteiger partial charge is 0.333 e. The van der Waals surface area contributed by atoms with Crippen LogP contribution in [0.5, 0.6) is 0 Å². The molecule has 0 aromatic carbocycles. The number of hydrogen-bond donors (Lipinski definition) is 2. The molecule has 0 saturated heterocycles. The van der Waals surface area contributed by atoms with Crippen LogP contribution in [-0.2, 0) is 10.3 Å². The molecule has 9 heavy (non-hydrogen) atoms. The lowest BCUT2D eigenvalue weighted by atomic mass is 10.3. The highest BCUT2D eigenvalue weighted by atomic mass is 32.2. The van der Waals surface area contributed by atoms with Crippen molar-refractivity contribution in [2.45, 2.75) is 19.8 Å². The van der Waals surface area contributed by atoms with Crippen LogP contribution in [0.4, 0.5) is 0 Å². The molecular weight excluding hydrogens is 142 g/mol. The second-order valence-corrected chi connectivity index (χ2v) is 2.77. The number of unbranched alkanes of at least 4 members (excludes halogenated alkanes) is 1. The van der Waals surface area contributed by atoms with Crippen molar-refractivity contribution in [3.05, 3.63) is 6.54 Å². The van der Waals surface area contributed by atoms with E-state index in [1.165, 1.54) is 6.54 Å². The van der Waals surface area contributed by atoms with Gasteiger partial charge in [0.1, 0.15) is 0 Å². The van der Waals surface area contributed by atoms with Crippen molar-refractivity contribution in [2.75, 3.05) is 0 Å². The van der Waals surface area contributed by atoms with Gasteiger partial charge in [0, 0.05) is 6.54 Å². The molecule has 0 atom stereocenters. The minimum absolute atomic E-state index is 0.625. The number of nitrogens with one attached hydrogen (secondary N) is 1. The molecule has 5 heteroatoms. The molecule has 55 valence electrons. The molecule has 0 aliphatic rings. The Labute approximate surface area is 55.1 Å². The van der Waals surface area contributed by atoms with Gasteiger partial charge >= 0.3 is 10.3 Å². The molecule has 0 spiro atoms. The lowest BCUT2D eigenvalue weighted by Crippen LogP contribution is -2.19. The molecule has 0 rings (SSSR count). The molecule has 2 N–H and O–H groups in total. The third kappa shape index (κ3) is 7.87. The van der Waals surface area contributed by atoms with Gasteiger partial charge in [-0.25, -0.2) is 0 Å². The number of hydrogen-bond acceptors (Lipinski definition) is 2. The second-order valence-electron chi connectivity index (χ2n) is 1.59. The van der Waals surface area contributed by atoms with Gasteiger partial charge in [-0.2, -0.15) is 13.1 Å². The van der Waals surface area contributed by atoms with Crippen LogP contribution in [0.2, 0.25) is 0 Å². The predicted octanol–water partition coefficient (Wildman–Crippen LogP) is 0.341. The molecule has 4 nitrogen and oxygen atoms in total. The lowest BCUT2D eigenvalue weighted by Gasteiger charge is -1.95. The van der Waals surface area contributed by atoms with Gasteiger partial charge in [-0.3, -0.25) is 4.55 Å². The fourth-order valence-corrected chi connectivity index (χ4v) is 0.637. The van der Waals surface area contributed by atoms with Gasteiger partial charge in [0.05, 0.1) is 0 Å². The van der Waals surface area contributed by atoms with E-state index in [2.05, 4.69) is 0 Å². The Hall–Kier alpha value is -0.130. The molecule has 0 fully saturated rings. The van der Waals surface area contributed by atoms with E-state index >= 15 is 0 Å². The lowest BCUT2D eigenvalue weighted by molar-refractivity contribution is 0.472. The second kappa shape index (κ2) is 3.81. The van der Waals surface area contributed by atoms with E-state index in [9.17, 15) is 8.42 Å². The van der Waals surface area contributed by atoms with Crippen molar-refractivity contribution in [2.24, 2.45) is 0 Å². The highest BCUT2D eigenvalue weighted by Gasteiger charge is 1.99. The monoisotopic (exact) mass is 152 g/mol. The summed E-state index contributed by atoms with van der Waals surface area (Å²) >= 11 is 0. The minimum Gasteiger partial charge on any atom is -0.273 e. The molecular formula is C4H10NO3S. The summed E-state index contributed by atoms with van der Waals surface area (Å²) in [7, 11) is -4.00. The Kier molecular flexibility index (Phi) is 3.76. The van der Waals surface area contributed by atoms with Crippen LogP contribution in [0.15, 0.2) is 0 Å². The predicted molar refractivity (Wildman–Crippen MR) is 33.9 cm³/mol. The minimum atomic E-state index is -4.00. The fourth-order valence-electron chi connectivity index (χ4n) is 0.309. The van der Waals surface area contributed by atoms with Gasteiger partial charge in [0.2, 0.25) is 0 Å². The van der Waals surface area contributed by atoms with Crippen LogP contribution >= 0.6 is 0 Å². The summed E-state index contributed by atoms with van der Waals surface area (Å²) in [6.45, 7) is 3.21. The van der Waals surface area contributed by atoms with Crippen molar-refractivity contribution in [3.8, 4) is 0 Å². The van der Waals surface area contributed by atoms with E-state index in [1.54, 1.807) is 0 Å². The standard InChI is InChI=1S/C4H10NO3S/c1-2-3-4-5-9(6,7)8/h4-5H,2-3H2,1H3,(H,6,7,8). The Bertz CT molecular complexity index is 151. The SMILES string of the molecule is CCC[CH]NS(=O)(=O)O. The van der Waals surface area contributed by atoms with Crippen LogP contribution in [0.25, 0.3) is 0 Å². The summed E-state index contributed by atoms with van der Waals surface area (Å²) in [5.74, 6) is 0. The fraction of sp³-hybridized carbons (Fsp3) is 0.750. The van der Waals surface area contributed by atoms with Crippen molar-refractivity contribution in [1.82, 2.24) is 4.72 Å². The summed E-state index contributed by atoms with van der Waals surface area (Å²) in [5.41, 5.74) is 0. The maximum Gasteiger partial charge on any atom is 0.333 e. The van der Waals surface area contributed by atoms with Gasteiger partial charge in [-0.05, 0) is 6.42 Å². The Morgan fingerprint density at radius 3 is 2.56 bits per heavy atom. The molecule has 0 aromatic rings. The van der Waals surface area contributed by atoms with Crippen molar-refractivity contribution in [3.63, 3.8) is 0 Å². The maximum absolute atomic E-state index is 9.92. The van der Waals surface area contributed by atoms with Crippen LogP contribution < -0.4 is 4.72 Å². The summed E-state index contributed by atoms with van der Waals surface area (Å²) < 4.78 is 29.7. The van der Waals surface area contributed by atoms with E-state index in [0.717, 1.165) is 6.42 Å². The topological polar surface area (TPSA) is 66.4 Å². The van der Waals surface area contributed by atoms with E-state index in [0.29, 0.717) is 6.42 Å². The summed E-state index contributed by atoms with van der Waals surface area (Å²) in [5, 5.41) is 0. The van der Waals surface area contributed by atoms with Crippen molar-refractivity contribution < 1.29 is 13.0 Å². The average molecular weight is 152 g/mol. The van der Waals surface area contributed by atoms with E-state index in [1.807, 2.05) is 11.6 Å². The zero-order valence-electron chi connectivity index (χ0n) is 5.16. The molecule has 0 aliphatic carbocycles. The maximum atomic E-state index is 9.92. The van der Waals surface area contributed by atoms with Gasteiger partial charge in [0.25, 0.3) is 0 Å². The normalized spacial score (nSPS) is 11.8.